The topological polar surface area (TPSA) is 52.0 Å². The average molecular weight is 154 g/mol. The van der Waals surface area contributed by atoms with Crippen LogP contribution in [-0.4, -0.2) is 24.2 Å². The molecule has 1 atom stereocenters. The molecule has 0 saturated carbocycles. The van der Waals surface area contributed by atoms with Crippen LogP contribution in [0.1, 0.15) is 26.2 Å². The van der Waals surface area contributed by atoms with Crippen molar-refractivity contribution in [2.75, 3.05) is 13.1 Å². The van der Waals surface area contributed by atoms with Gasteiger partial charge in [0.25, 0.3) is 0 Å². The van der Waals surface area contributed by atoms with Crippen LogP contribution in [-0.2, 0) is 0 Å². The van der Waals surface area contributed by atoms with Gasteiger partial charge in [0.15, 0.2) is 0 Å². The normalized spacial score (nSPS) is 26.1. The van der Waals surface area contributed by atoms with E-state index in [0.717, 1.165) is 19.5 Å². The van der Waals surface area contributed by atoms with Gasteiger partial charge in [-0.1, -0.05) is 18.5 Å². The maximum Gasteiger partial charge on any atom is 0.0886 e. The van der Waals surface area contributed by atoms with Gasteiger partial charge in [0.2, 0.25) is 0 Å². The summed E-state index contributed by atoms with van der Waals surface area (Å²) in [5.74, 6) is 0. The maximum absolute atomic E-state index is 8.26. The summed E-state index contributed by atoms with van der Waals surface area (Å²) in [7, 11) is 0. The second kappa shape index (κ2) is 4.21. The monoisotopic (exact) mass is 154 g/mol. The van der Waals surface area contributed by atoms with Crippen molar-refractivity contribution in [2.45, 2.75) is 32.4 Å². The first-order valence-electron chi connectivity index (χ1n) is 4.16. The van der Waals surface area contributed by atoms with Crippen LogP contribution in [0.3, 0.4) is 0 Å². The van der Waals surface area contributed by atoms with E-state index in [0.29, 0.717) is 0 Å². The summed E-state index contributed by atoms with van der Waals surface area (Å²) in [6.07, 6.45) is 3.59. The highest BCUT2D eigenvalue weighted by atomic mass is 15.3. The van der Waals surface area contributed by atoms with Gasteiger partial charge in [-0.15, -0.1) is 0 Å². The van der Waals surface area contributed by atoms with E-state index in [1.807, 2.05) is 0 Å². The molecular weight excluding hydrogens is 140 g/mol. The molecule has 4 heteroatoms. The minimum Gasteiger partial charge on any atom is -0.295 e. The summed E-state index contributed by atoms with van der Waals surface area (Å²) in [6.45, 7) is 4.18. The molecule has 62 valence electrons. The van der Waals surface area contributed by atoms with Crippen LogP contribution in [0.4, 0.5) is 0 Å². The number of hydrogen-bond donors (Lipinski definition) is 0. The Labute approximate surface area is 66.8 Å². The van der Waals surface area contributed by atoms with Crippen LogP contribution in [0.5, 0.6) is 0 Å². The van der Waals surface area contributed by atoms with Crippen LogP contribution in [0.2, 0.25) is 0 Å². The zero-order valence-electron chi connectivity index (χ0n) is 6.90. The Morgan fingerprint density at radius 3 is 3.09 bits per heavy atom. The summed E-state index contributed by atoms with van der Waals surface area (Å²) < 4.78 is 0. The van der Waals surface area contributed by atoms with E-state index in [-0.39, 0.29) is 6.17 Å². The molecule has 4 nitrogen and oxygen atoms in total. The van der Waals surface area contributed by atoms with Gasteiger partial charge in [-0.25, -0.2) is 0 Å². The van der Waals surface area contributed by atoms with Crippen molar-refractivity contribution in [3.63, 3.8) is 0 Å². The van der Waals surface area contributed by atoms with Gasteiger partial charge in [-0.05, 0) is 31.5 Å². The molecule has 0 N–H and O–H groups in total. The van der Waals surface area contributed by atoms with Crippen LogP contribution in [0.15, 0.2) is 5.11 Å². The molecule has 1 saturated heterocycles. The van der Waals surface area contributed by atoms with E-state index < -0.39 is 0 Å². The van der Waals surface area contributed by atoms with Crippen molar-refractivity contribution in [1.82, 2.24) is 4.90 Å². The summed E-state index contributed by atoms with van der Waals surface area (Å²) in [4.78, 5) is 5.07. The van der Waals surface area contributed by atoms with Crippen LogP contribution < -0.4 is 0 Å². The van der Waals surface area contributed by atoms with Crippen LogP contribution in [0.25, 0.3) is 10.4 Å². The van der Waals surface area contributed by atoms with E-state index in [2.05, 4.69) is 21.8 Å². The number of hydrogen-bond acceptors (Lipinski definition) is 2. The molecule has 0 aliphatic carbocycles. The molecule has 1 aliphatic heterocycles. The third-order valence-electron chi connectivity index (χ3n) is 2.17. The molecule has 1 aliphatic rings. The fraction of sp³-hybridized carbons (Fsp3) is 1.00. The molecule has 11 heavy (non-hydrogen) atoms. The molecule has 0 aromatic carbocycles. The van der Waals surface area contributed by atoms with Gasteiger partial charge >= 0.3 is 0 Å². The third kappa shape index (κ3) is 2.10. The van der Waals surface area contributed by atoms with E-state index in [9.17, 15) is 0 Å². The minimum atomic E-state index is 0.124. The van der Waals surface area contributed by atoms with Crippen molar-refractivity contribution < 1.29 is 0 Å². The largest absolute Gasteiger partial charge is 0.295 e. The van der Waals surface area contributed by atoms with Crippen molar-refractivity contribution in [1.29, 1.82) is 0 Å². The first-order chi connectivity index (χ1) is 5.38. The molecule has 1 fully saturated rings. The minimum absolute atomic E-state index is 0.124. The Bertz CT molecular complexity index is 162. The molecule has 0 radical (unpaired) electrons. The van der Waals surface area contributed by atoms with Gasteiger partial charge in [-0.2, -0.15) is 0 Å². The maximum atomic E-state index is 8.26. The van der Waals surface area contributed by atoms with E-state index in [1.54, 1.807) is 0 Å². The standard InChI is InChI=1S/C7H14N4/c1-2-11-6-4-3-5-7(11)9-10-8/h7H,2-6H2,1H3. The highest BCUT2D eigenvalue weighted by molar-refractivity contribution is 4.73. The molecule has 1 heterocycles. The zero-order valence-corrected chi connectivity index (χ0v) is 6.90. The van der Waals surface area contributed by atoms with Crippen molar-refractivity contribution >= 4 is 0 Å². The average Bonchev–Trinajstić information content (AvgIpc) is 2.06. The zero-order chi connectivity index (χ0) is 8.10. The Balaban J connectivity index is 2.50. The second-order valence-electron chi connectivity index (χ2n) is 2.81. The first kappa shape index (κ1) is 8.37. The smallest absolute Gasteiger partial charge is 0.0886 e. The number of rotatable bonds is 2. The van der Waals surface area contributed by atoms with Crippen molar-refractivity contribution in [3.05, 3.63) is 10.4 Å². The Morgan fingerprint density at radius 1 is 1.64 bits per heavy atom. The lowest BCUT2D eigenvalue weighted by Gasteiger charge is -2.31. The molecule has 0 amide bonds. The molecule has 0 spiro atoms. The lowest BCUT2D eigenvalue weighted by molar-refractivity contribution is 0.161. The SMILES string of the molecule is CCN1CCCCC1N=[N+]=[N-]. The fourth-order valence-electron chi connectivity index (χ4n) is 1.53. The number of likely N-dealkylation sites (tertiary alicyclic amines) is 1. The lowest BCUT2D eigenvalue weighted by Crippen LogP contribution is -2.37. The number of azide groups is 1. The van der Waals surface area contributed by atoms with E-state index >= 15 is 0 Å². The predicted octanol–water partition coefficient (Wildman–Crippen LogP) is 2.13. The third-order valence-corrected chi connectivity index (χ3v) is 2.17. The summed E-state index contributed by atoms with van der Waals surface area (Å²) >= 11 is 0. The predicted molar refractivity (Wildman–Crippen MR) is 44.0 cm³/mol. The number of nitrogens with zero attached hydrogens (tertiary/aromatic N) is 4. The summed E-state index contributed by atoms with van der Waals surface area (Å²) in [6, 6.07) is 0. The van der Waals surface area contributed by atoms with Crippen LogP contribution >= 0.6 is 0 Å². The van der Waals surface area contributed by atoms with Gasteiger partial charge < -0.3 is 0 Å². The second-order valence-corrected chi connectivity index (χ2v) is 2.81. The number of piperidine rings is 1. The summed E-state index contributed by atoms with van der Waals surface area (Å²) in [5.41, 5.74) is 8.26. The van der Waals surface area contributed by atoms with Gasteiger partial charge in [-0.3, -0.25) is 4.90 Å². The molecule has 0 aromatic rings. The van der Waals surface area contributed by atoms with Gasteiger partial charge in [0.1, 0.15) is 0 Å². The Kier molecular flexibility index (Phi) is 3.20. The van der Waals surface area contributed by atoms with Gasteiger partial charge in [0.05, 0.1) is 6.17 Å². The summed E-state index contributed by atoms with van der Waals surface area (Å²) in [5, 5.41) is 3.74. The Morgan fingerprint density at radius 2 is 2.45 bits per heavy atom. The van der Waals surface area contributed by atoms with Gasteiger partial charge in [0, 0.05) is 4.91 Å². The quantitative estimate of drug-likeness (QED) is 0.341. The van der Waals surface area contributed by atoms with Crippen molar-refractivity contribution in [2.24, 2.45) is 5.11 Å². The molecule has 0 aromatic heterocycles. The highest BCUT2D eigenvalue weighted by Crippen LogP contribution is 2.17. The first-order valence-corrected chi connectivity index (χ1v) is 4.16. The van der Waals surface area contributed by atoms with E-state index in [1.165, 1.54) is 12.8 Å². The van der Waals surface area contributed by atoms with Crippen LogP contribution in [0, 0.1) is 0 Å². The molecular formula is C7H14N4. The Hall–Kier alpha value is -0.730. The highest BCUT2D eigenvalue weighted by Gasteiger charge is 2.18. The lowest BCUT2D eigenvalue weighted by atomic mass is 10.1. The van der Waals surface area contributed by atoms with E-state index in [4.69, 9.17) is 5.53 Å². The van der Waals surface area contributed by atoms with Crippen molar-refractivity contribution in [3.8, 4) is 0 Å². The molecule has 1 unspecified atom stereocenters. The molecule has 0 bridgehead atoms. The molecule has 1 rings (SSSR count). The fourth-order valence-corrected chi connectivity index (χ4v) is 1.53.